The van der Waals surface area contributed by atoms with Gasteiger partial charge >= 0.3 is 0 Å². The zero-order valence-corrected chi connectivity index (χ0v) is 26.2. The van der Waals surface area contributed by atoms with Crippen LogP contribution in [-0.2, 0) is 6.42 Å². The Hall–Kier alpha value is -5.67. The molecule has 0 N–H and O–H groups in total. The molecule has 4 aromatic carbocycles. The van der Waals surface area contributed by atoms with Crippen molar-refractivity contribution in [2.24, 2.45) is 11.8 Å². The first-order chi connectivity index (χ1) is 23.2. The van der Waals surface area contributed by atoms with E-state index in [4.69, 9.17) is 9.97 Å². The highest BCUT2D eigenvalue weighted by atomic mass is 14.9. The highest BCUT2D eigenvalue weighted by Crippen LogP contribution is 2.46. The van der Waals surface area contributed by atoms with Crippen LogP contribution in [0.2, 0.25) is 0 Å². The fourth-order valence-electron chi connectivity index (χ4n) is 7.54. The molecule has 3 unspecified atom stereocenters. The molecule has 2 aromatic heterocycles. The molecule has 0 bridgehead atoms. The van der Waals surface area contributed by atoms with Gasteiger partial charge in [0.25, 0.3) is 0 Å². The largest absolute Gasteiger partial charge is 0.256 e. The van der Waals surface area contributed by atoms with Gasteiger partial charge in [0.1, 0.15) is 0 Å². The maximum atomic E-state index is 5.33. The number of pyridine rings is 1. The van der Waals surface area contributed by atoms with E-state index in [0.29, 0.717) is 5.92 Å². The fraction of sp³-hybridized carbons (Fsp3) is 0.114. The number of hydrogen-bond acceptors (Lipinski definition) is 3. The zero-order valence-electron chi connectivity index (χ0n) is 26.2. The van der Waals surface area contributed by atoms with Crippen molar-refractivity contribution >= 4 is 28.5 Å². The summed E-state index contributed by atoms with van der Waals surface area (Å²) >= 11 is 0. The van der Waals surface area contributed by atoms with E-state index in [-0.39, 0.29) is 11.8 Å². The summed E-state index contributed by atoms with van der Waals surface area (Å²) < 4.78 is 0. The Bertz CT molecular complexity index is 2290. The van der Waals surface area contributed by atoms with E-state index in [9.17, 15) is 0 Å². The lowest BCUT2D eigenvalue weighted by Crippen LogP contribution is -2.18. The van der Waals surface area contributed by atoms with Gasteiger partial charge in [0.05, 0.1) is 17.1 Å². The minimum absolute atomic E-state index is 0.196. The second-order valence-electron chi connectivity index (χ2n) is 12.9. The van der Waals surface area contributed by atoms with Crippen LogP contribution in [0.1, 0.15) is 40.8 Å². The molecule has 0 saturated heterocycles. The first-order valence-corrected chi connectivity index (χ1v) is 16.5. The monoisotopic (exact) mass is 603 g/mol. The van der Waals surface area contributed by atoms with Crippen molar-refractivity contribution in [2.45, 2.75) is 19.3 Å². The highest BCUT2D eigenvalue weighted by Gasteiger charge is 2.31. The maximum absolute atomic E-state index is 5.33. The van der Waals surface area contributed by atoms with Crippen LogP contribution in [0.25, 0.3) is 62.4 Å². The lowest BCUT2D eigenvalue weighted by molar-refractivity contribution is 0.706. The summed E-state index contributed by atoms with van der Waals surface area (Å²) in [4.78, 5) is 15.2. The molecule has 224 valence electrons. The Balaban J connectivity index is 1.26. The van der Waals surface area contributed by atoms with Crippen LogP contribution in [-0.4, -0.2) is 15.0 Å². The number of aromatic nitrogens is 3. The van der Waals surface area contributed by atoms with Gasteiger partial charge in [-0.3, -0.25) is 4.98 Å². The molecule has 0 saturated carbocycles. The van der Waals surface area contributed by atoms with Crippen LogP contribution in [0.15, 0.2) is 140 Å². The van der Waals surface area contributed by atoms with Gasteiger partial charge in [-0.2, -0.15) is 0 Å². The summed E-state index contributed by atoms with van der Waals surface area (Å²) in [5, 5.41) is 2.54. The molecule has 0 radical (unpaired) electrons. The van der Waals surface area contributed by atoms with Gasteiger partial charge in [-0.05, 0) is 81.3 Å². The van der Waals surface area contributed by atoms with Crippen molar-refractivity contribution in [3.8, 4) is 33.9 Å². The minimum atomic E-state index is 0.196. The van der Waals surface area contributed by atoms with E-state index in [0.717, 1.165) is 46.0 Å². The zero-order chi connectivity index (χ0) is 31.3. The predicted molar refractivity (Wildman–Crippen MR) is 194 cm³/mol. The molecule has 3 aliphatic rings. The number of nitrogens with zero attached hydrogens (tertiary/aromatic N) is 3. The van der Waals surface area contributed by atoms with Crippen LogP contribution in [0.4, 0.5) is 0 Å². The number of fused-ring (bicyclic) bond motifs is 6. The average Bonchev–Trinajstić information content (AvgIpc) is 3.14. The number of hydrogen-bond donors (Lipinski definition) is 0. The van der Waals surface area contributed by atoms with E-state index in [2.05, 4.69) is 139 Å². The standard InChI is InChI=1S/C44H33N3/c1-28-17-18-32-26-40(37-15-7-5-13-35(37)38(32)24-28)43-27-42(39-25-31-10-2-3-11-33(31)34-12-4-6-14-36(34)39)46-44(47-43)30-21-19-29(20-22-30)41-16-8-9-23-45-41/h2-23,25-28,34,36H,24H2,1H3. The summed E-state index contributed by atoms with van der Waals surface area (Å²) in [6, 6.07) is 36.6. The third kappa shape index (κ3) is 4.87. The Kier molecular flexibility index (Phi) is 6.64. The molecule has 6 aromatic rings. The second kappa shape index (κ2) is 11.3. The molecule has 0 aliphatic heterocycles. The molecular weight excluding hydrogens is 571 g/mol. The Morgan fingerprint density at radius 3 is 2.21 bits per heavy atom. The Morgan fingerprint density at radius 2 is 1.36 bits per heavy atom. The topological polar surface area (TPSA) is 38.7 Å². The van der Waals surface area contributed by atoms with Crippen molar-refractivity contribution in [1.82, 2.24) is 15.0 Å². The summed E-state index contributed by atoms with van der Waals surface area (Å²) in [5.74, 6) is 1.71. The highest BCUT2D eigenvalue weighted by molar-refractivity contribution is 6.01. The number of rotatable bonds is 4. The van der Waals surface area contributed by atoms with Gasteiger partial charge in [0.15, 0.2) is 5.82 Å². The average molecular weight is 604 g/mol. The summed E-state index contributed by atoms with van der Waals surface area (Å²) in [7, 11) is 0. The lowest BCUT2D eigenvalue weighted by atomic mass is 9.72. The molecule has 3 heteroatoms. The van der Waals surface area contributed by atoms with E-state index in [1.807, 2.05) is 24.4 Å². The van der Waals surface area contributed by atoms with E-state index >= 15 is 0 Å². The molecule has 3 nitrogen and oxygen atoms in total. The summed E-state index contributed by atoms with van der Waals surface area (Å²) in [6.07, 6.45) is 18.9. The molecule has 3 aliphatic carbocycles. The van der Waals surface area contributed by atoms with Crippen LogP contribution >= 0.6 is 0 Å². The molecule has 47 heavy (non-hydrogen) atoms. The Morgan fingerprint density at radius 1 is 0.617 bits per heavy atom. The third-order valence-electron chi connectivity index (χ3n) is 9.88. The van der Waals surface area contributed by atoms with Crippen LogP contribution in [0.5, 0.6) is 0 Å². The van der Waals surface area contributed by atoms with Gasteiger partial charge in [0.2, 0.25) is 0 Å². The molecule has 0 spiro atoms. The van der Waals surface area contributed by atoms with Gasteiger partial charge < -0.3 is 0 Å². The summed E-state index contributed by atoms with van der Waals surface area (Å²) in [5.41, 5.74) is 12.6. The van der Waals surface area contributed by atoms with Gasteiger partial charge in [-0.1, -0.05) is 122 Å². The van der Waals surface area contributed by atoms with Gasteiger partial charge in [0, 0.05) is 34.7 Å². The van der Waals surface area contributed by atoms with E-state index in [1.165, 1.54) is 38.6 Å². The molecular formula is C44H33N3. The quantitative estimate of drug-likeness (QED) is 0.201. The summed E-state index contributed by atoms with van der Waals surface area (Å²) in [6.45, 7) is 2.29. The molecule has 0 amide bonds. The van der Waals surface area contributed by atoms with Crippen LogP contribution in [0.3, 0.4) is 0 Å². The van der Waals surface area contributed by atoms with Crippen LogP contribution in [0, 0.1) is 11.8 Å². The lowest BCUT2D eigenvalue weighted by Gasteiger charge is -2.32. The maximum Gasteiger partial charge on any atom is 0.160 e. The van der Waals surface area contributed by atoms with Crippen molar-refractivity contribution < 1.29 is 0 Å². The van der Waals surface area contributed by atoms with Gasteiger partial charge in [-0.25, -0.2) is 9.97 Å². The Labute approximate surface area is 275 Å². The third-order valence-corrected chi connectivity index (χ3v) is 9.88. The molecule has 2 heterocycles. The first-order valence-electron chi connectivity index (χ1n) is 16.5. The molecule has 0 fully saturated rings. The van der Waals surface area contributed by atoms with Crippen molar-refractivity contribution in [2.75, 3.05) is 0 Å². The number of allylic oxidation sites excluding steroid dienone is 6. The van der Waals surface area contributed by atoms with E-state index < -0.39 is 0 Å². The second-order valence-corrected chi connectivity index (χ2v) is 12.9. The first kappa shape index (κ1) is 27.6. The SMILES string of the molecule is CC1C=Cc2cc(-c3cc(C4=Cc5ccccc5C5C=CC=CC45)nc(-c4ccc(-c5ccccn5)cc4)n3)c3ccccc3c2C1. The number of benzene rings is 4. The van der Waals surface area contributed by atoms with Gasteiger partial charge in [-0.15, -0.1) is 0 Å². The van der Waals surface area contributed by atoms with Crippen LogP contribution < -0.4 is 0 Å². The predicted octanol–water partition coefficient (Wildman–Crippen LogP) is 10.6. The van der Waals surface area contributed by atoms with E-state index in [1.54, 1.807) is 0 Å². The molecule has 3 atom stereocenters. The van der Waals surface area contributed by atoms with Crippen molar-refractivity contribution in [3.63, 3.8) is 0 Å². The smallest absolute Gasteiger partial charge is 0.160 e. The minimum Gasteiger partial charge on any atom is -0.256 e. The van der Waals surface area contributed by atoms with Crippen molar-refractivity contribution in [1.29, 1.82) is 0 Å². The molecule has 9 rings (SSSR count). The van der Waals surface area contributed by atoms with Crippen molar-refractivity contribution in [3.05, 3.63) is 168 Å². The fourth-order valence-corrected chi connectivity index (χ4v) is 7.54. The normalized spacial score (nSPS) is 19.2.